The summed E-state index contributed by atoms with van der Waals surface area (Å²) in [5.74, 6) is 1.58. The topological polar surface area (TPSA) is 62.3 Å². The maximum Gasteiger partial charge on any atom is 0.271 e. The number of sulfonamides is 1. The molecular formula is C15H19N3O2S2. The number of anilines is 2. The first-order chi connectivity index (χ1) is 10.5. The third kappa shape index (κ3) is 3.41. The van der Waals surface area contributed by atoms with Crippen LogP contribution < -0.4 is 9.62 Å². The predicted octanol–water partition coefficient (Wildman–Crippen LogP) is 3.18. The number of aromatic nitrogens is 1. The second-order valence-corrected chi connectivity index (χ2v) is 8.49. The van der Waals surface area contributed by atoms with Crippen LogP contribution >= 0.6 is 11.3 Å². The van der Waals surface area contributed by atoms with Gasteiger partial charge in [-0.25, -0.2) is 13.4 Å². The highest BCUT2D eigenvalue weighted by atomic mass is 32.2. The van der Waals surface area contributed by atoms with Gasteiger partial charge in [0.25, 0.3) is 10.0 Å². The molecule has 1 atom stereocenters. The number of hydrogen-bond acceptors (Lipinski definition) is 5. The van der Waals surface area contributed by atoms with Crippen LogP contribution in [-0.2, 0) is 10.0 Å². The van der Waals surface area contributed by atoms with Crippen molar-refractivity contribution in [2.75, 3.05) is 22.7 Å². The molecule has 0 aliphatic carbocycles. The van der Waals surface area contributed by atoms with Crippen molar-refractivity contribution in [2.45, 2.75) is 24.0 Å². The molecule has 5 nitrogen and oxygen atoms in total. The van der Waals surface area contributed by atoms with Crippen LogP contribution in [0.2, 0.25) is 0 Å². The zero-order valence-electron chi connectivity index (χ0n) is 12.4. The third-order valence-electron chi connectivity index (χ3n) is 3.74. The van der Waals surface area contributed by atoms with Crippen LogP contribution in [-0.4, -0.2) is 26.5 Å². The molecular weight excluding hydrogens is 318 g/mol. The van der Waals surface area contributed by atoms with E-state index in [1.54, 1.807) is 29.8 Å². The Morgan fingerprint density at radius 3 is 2.86 bits per heavy atom. The lowest BCUT2D eigenvalue weighted by molar-refractivity contribution is 0.444. The minimum Gasteiger partial charge on any atom is -0.356 e. The fraction of sp³-hybridized carbons (Fsp3) is 0.400. The predicted molar refractivity (Wildman–Crippen MR) is 90.0 cm³/mol. The van der Waals surface area contributed by atoms with E-state index in [4.69, 9.17) is 0 Å². The van der Waals surface area contributed by atoms with Crippen LogP contribution in [0, 0.1) is 5.92 Å². The first-order valence-electron chi connectivity index (χ1n) is 7.32. The highest BCUT2D eigenvalue weighted by molar-refractivity contribution is 7.94. The second-order valence-electron chi connectivity index (χ2n) is 5.64. The van der Waals surface area contributed by atoms with Gasteiger partial charge in [-0.05, 0) is 42.3 Å². The smallest absolute Gasteiger partial charge is 0.271 e. The van der Waals surface area contributed by atoms with Gasteiger partial charge in [0.2, 0.25) is 0 Å². The van der Waals surface area contributed by atoms with E-state index in [2.05, 4.69) is 21.5 Å². The average Bonchev–Trinajstić information content (AvgIpc) is 3.03. The minimum atomic E-state index is -3.50. The summed E-state index contributed by atoms with van der Waals surface area (Å²) < 4.78 is 27.2. The van der Waals surface area contributed by atoms with E-state index < -0.39 is 10.0 Å². The lowest BCUT2D eigenvalue weighted by atomic mass is 10.0. The van der Waals surface area contributed by atoms with Gasteiger partial charge in [0.05, 0.1) is 11.9 Å². The van der Waals surface area contributed by atoms with Crippen molar-refractivity contribution in [1.29, 1.82) is 0 Å². The Bertz CT molecular complexity index is 712. The van der Waals surface area contributed by atoms with Crippen molar-refractivity contribution in [3.8, 4) is 0 Å². The number of rotatable bonds is 4. The molecule has 3 heterocycles. The van der Waals surface area contributed by atoms with E-state index in [1.165, 1.54) is 24.2 Å². The van der Waals surface area contributed by atoms with Gasteiger partial charge in [-0.2, -0.15) is 0 Å². The van der Waals surface area contributed by atoms with Crippen LogP contribution in [0.1, 0.15) is 19.8 Å². The molecule has 1 N–H and O–H groups in total. The summed E-state index contributed by atoms with van der Waals surface area (Å²) in [6.45, 7) is 4.26. The average molecular weight is 337 g/mol. The van der Waals surface area contributed by atoms with Crippen LogP contribution in [0.5, 0.6) is 0 Å². The number of thiophene rings is 1. The normalized spacial score (nSPS) is 19.1. The van der Waals surface area contributed by atoms with E-state index >= 15 is 0 Å². The van der Waals surface area contributed by atoms with Crippen LogP contribution in [0.25, 0.3) is 0 Å². The summed E-state index contributed by atoms with van der Waals surface area (Å²) in [4.78, 5) is 6.66. The molecule has 0 spiro atoms. The zero-order chi connectivity index (χ0) is 15.6. The van der Waals surface area contributed by atoms with Gasteiger partial charge in [-0.3, -0.25) is 4.72 Å². The second kappa shape index (κ2) is 6.26. The highest BCUT2D eigenvalue weighted by Gasteiger charge is 2.18. The Labute approximate surface area is 135 Å². The Morgan fingerprint density at radius 1 is 1.36 bits per heavy atom. The molecule has 7 heteroatoms. The molecule has 2 aromatic heterocycles. The third-order valence-corrected chi connectivity index (χ3v) is 6.52. The highest BCUT2D eigenvalue weighted by Crippen LogP contribution is 2.24. The van der Waals surface area contributed by atoms with Crippen LogP contribution in [0.15, 0.2) is 40.1 Å². The summed E-state index contributed by atoms with van der Waals surface area (Å²) >= 11 is 1.20. The van der Waals surface area contributed by atoms with Gasteiger partial charge in [0.15, 0.2) is 0 Å². The van der Waals surface area contributed by atoms with Crippen molar-refractivity contribution in [3.05, 3.63) is 35.8 Å². The molecule has 1 aliphatic heterocycles. The molecule has 0 amide bonds. The van der Waals surface area contributed by atoms with Gasteiger partial charge >= 0.3 is 0 Å². The lowest BCUT2D eigenvalue weighted by Gasteiger charge is -2.31. The van der Waals surface area contributed by atoms with Crippen molar-refractivity contribution < 1.29 is 8.42 Å². The van der Waals surface area contributed by atoms with Gasteiger partial charge in [-0.15, -0.1) is 11.3 Å². The fourth-order valence-corrected chi connectivity index (χ4v) is 4.69. The van der Waals surface area contributed by atoms with Gasteiger partial charge in [0.1, 0.15) is 10.0 Å². The first-order valence-corrected chi connectivity index (χ1v) is 9.68. The Kier molecular flexibility index (Phi) is 4.35. The maximum absolute atomic E-state index is 12.2. The summed E-state index contributed by atoms with van der Waals surface area (Å²) in [6, 6.07) is 6.96. The first kappa shape index (κ1) is 15.3. The van der Waals surface area contributed by atoms with Crippen molar-refractivity contribution >= 4 is 32.9 Å². The summed E-state index contributed by atoms with van der Waals surface area (Å²) in [5, 5.41) is 1.74. The van der Waals surface area contributed by atoms with E-state index in [-0.39, 0.29) is 0 Å². The largest absolute Gasteiger partial charge is 0.356 e. The number of nitrogens with one attached hydrogen (secondary N) is 1. The molecule has 1 unspecified atom stereocenters. The summed E-state index contributed by atoms with van der Waals surface area (Å²) in [5.41, 5.74) is 0.488. The van der Waals surface area contributed by atoms with Gasteiger partial charge < -0.3 is 4.90 Å². The number of nitrogens with zero attached hydrogens (tertiary/aromatic N) is 2. The Balaban J connectivity index is 1.72. The molecule has 22 heavy (non-hydrogen) atoms. The molecule has 3 rings (SSSR count). The zero-order valence-corrected chi connectivity index (χ0v) is 14.0. The maximum atomic E-state index is 12.2. The van der Waals surface area contributed by atoms with Gasteiger partial charge in [-0.1, -0.05) is 13.0 Å². The standard InChI is InChI=1S/C15H19N3O2S2/c1-12-4-2-8-18(11-12)14-7-6-13(10-16-14)17-22(19,20)15-5-3-9-21-15/h3,5-7,9-10,12,17H,2,4,8,11H2,1H3. The molecule has 0 saturated carbocycles. The fourth-order valence-electron chi connectivity index (χ4n) is 2.65. The molecule has 1 saturated heterocycles. The van der Waals surface area contributed by atoms with Crippen molar-refractivity contribution in [1.82, 2.24) is 4.98 Å². The van der Waals surface area contributed by atoms with E-state index in [1.807, 2.05) is 6.07 Å². The molecule has 2 aromatic rings. The molecule has 118 valence electrons. The molecule has 0 bridgehead atoms. The molecule has 1 aliphatic rings. The number of piperidine rings is 1. The quantitative estimate of drug-likeness (QED) is 0.931. The van der Waals surface area contributed by atoms with Crippen LogP contribution in [0.4, 0.5) is 11.5 Å². The summed E-state index contributed by atoms with van der Waals surface area (Å²) in [6.07, 6.45) is 4.02. The van der Waals surface area contributed by atoms with Crippen molar-refractivity contribution in [3.63, 3.8) is 0 Å². The molecule has 1 fully saturated rings. The Hall–Kier alpha value is -1.60. The van der Waals surface area contributed by atoms with E-state index in [9.17, 15) is 8.42 Å². The van der Waals surface area contributed by atoms with E-state index in [0.29, 0.717) is 15.8 Å². The van der Waals surface area contributed by atoms with Crippen LogP contribution in [0.3, 0.4) is 0 Å². The minimum absolute atomic E-state index is 0.307. The SMILES string of the molecule is CC1CCCN(c2ccc(NS(=O)(=O)c3cccs3)cn2)C1. The lowest BCUT2D eigenvalue weighted by Crippen LogP contribution is -2.34. The van der Waals surface area contributed by atoms with E-state index in [0.717, 1.165) is 18.9 Å². The number of pyridine rings is 1. The molecule has 0 aromatic carbocycles. The van der Waals surface area contributed by atoms with Gasteiger partial charge in [0, 0.05) is 13.1 Å². The number of hydrogen-bond donors (Lipinski definition) is 1. The monoisotopic (exact) mass is 337 g/mol. The summed E-state index contributed by atoms with van der Waals surface area (Å²) in [7, 11) is -3.50. The molecule has 0 radical (unpaired) electrons. The Morgan fingerprint density at radius 2 is 2.23 bits per heavy atom. The van der Waals surface area contributed by atoms with Crippen molar-refractivity contribution in [2.24, 2.45) is 5.92 Å².